The van der Waals surface area contributed by atoms with Gasteiger partial charge < -0.3 is 9.67 Å². The third-order valence-electron chi connectivity index (χ3n) is 5.33. The van der Waals surface area contributed by atoms with E-state index in [0.717, 1.165) is 5.69 Å². The maximum Gasteiger partial charge on any atom is 0.337 e. The van der Waals surface area contributed by atoms with Crippen molar-refractivity contribution in [2.75, 3.05) is 4.90 Å². The summed E-state index contributed by atoms with van der Waals surface area (Å²) < 4.78 is 1.78. The highest BCUT2D eigenvalue weighted by Crippen LogP contribution is 2.28. The van der Waals surface area contributed by atoms with E-state index >= 15 is 0 Å². The van der Waals surface area contributed by atoms with Gasteiger partial charge in [-0.05, 0) is 80.2 Å². The number of carbonyl (C=O) groups excluding carboxylic acids is 2. The number of aromatic carboxylic acids is 1. The summed E-state index contributed by atoms with van der Waals surface area (Å²) in [6.07, 6.45) is 1.49. The number of nitrogens with zero attached hydrogens (tertiary/aromatic N) is 2. The van der Waals surface area contributed by atoms with Crippen molar-refractivity contribution in [3.63, 3.8) is 0 Å². The van der Waals surface area contributed by atoms with Crippen LogP contribution in [0.25, 0.3) is 11.8 Å². The Labute approximate surface area is 199 Å². The molecule has 1 fully saturated rings. The van der Waals surface area contributed by atoms with Gasteiger partial charge in [-0.3, -0.25) is 19.8 Å². The molecule has 0 atom stereocenters. The number of carbonyl (C=O) groups is 3. The van der Waals surface area contributed by atoms with Crippen LogP contribution in [0.3, 0.4) is 0 Å². The van der Waals surface area contributed by atoms with E-state index in [2.05, 4.69) is 5.32 Å². The van der Waals surface area contributed by atoms with Gasteiger partial charge in [0.05, 0.1) is 16.9 Å². The van der Waals surface area contributed by atoms with Crippen molar-refractivity contribution >= 4 is 58.5 Å². The Morgan fingerprint density at radius 1 is 1.09 bits per heavy atom. The second-order valence-corrected chi connectivity index (χ2v) is 8.24. The number of para-hydroxylation sites is 1. The van der Waals surface area contributed by atoms with Crippen molar-refractivity contribution in [2.24, 2.45) is 0 Å². The van der Waals surface area contributed by atoms with Crippen molar-refractivity contribution in [2.45, 2.75) is 13.8 Å². The Balaban J connectivity index is 1.79. The van der Waals surface area contributed by atoms with Crippen molar-refractivity contribution < 1.29 is 19.5 Å². The van der Waals surface area contributed by atoms with Crippen LogP contribution >= 0.6 is 23.8 Å². The fourth-order valence-corrected chi connectivity index (χ4v) is 4.20. The summed E-state index contributed by atoms with van der Waals surface area (Å²) in [5, 5.41) is 12.6. The predicted molar refractivity (Wildman–Crippen MR) is 130 cm³/mol. The van der Waals surface area contributed by atoms with Gasteiger partial charge in [0.15, 0.2) is 5.11 Å². The van der Waals surface area contributed by atoms with Crippen LogP contribution < -0.4 is 10.2 Å². The number of carboxylic acid groups (broad SMARTS) is 1. The van der Waals surface area contributed by atoms with Gasteiger partial charge >= 0.3 is 5.97 Å². The Kier molecular flexibility index (Phi) is 5.88. The molecule has 33 heavy (non-hydrogen) atoms. The van der Waals surface area contributed by atoms with Crippen molar-refractivity contribution in [1.82, 2.24) is 9.88 Å². The number of thiocarbonyl (C=S) groups is 1. The first-order chi connectivity index (χ1) is 15.7. The molecule has 0 radical (unpaired) electrons. The Hall–Kier alpha value is -3.75. The molecule has 3 aromatic rings. The van der Waals surface area contributed by atoms with Gasteiger partial charge in [-0.15, -0.1) is 0 Å². The lowest BCUT2D eigenvalue weighted by Gasteiger charge is -2.28. The second-order valence-electron chi connectivity index (χ2n) is 7.42. The van der Waals surface area contributed by atoms with E-state index in [1.165, 1.54) is 17.0 Å². The quantitative estimate of drug-likeness (QED) is 0.331. The average Bonchev–Trinajstić information content (AvgIpc) is 3.05. The Morgan fingerprint density at radius 2 is 1.76 bits per heavy atom. The van der Waals surface area contributed by atoms with Gasteiger partial charge in [0.2, 0.25) is 0 Å². The molecule has 0 aliphatic carbocycles. The summed E-state index contributed by atoms with van der Waals surface area (Å²) in [7, 11) is 0. The zero-order valence-electron chi connectivity index (χ0n) is 17.6. The van der Waals surface area contributed by atoms with Crippen LogP contribution in [0.1, 0.15) is 27.3 Å². The molecule has 4 rings (SSSR count). The molecule has 9 heteroatoms. The average molecular weight is 480 g/mol. The standard InChI is InChI=1S/C24H18ClN3O4S/c1-13-11-15(14(2)27(13)20-6-4-3-5-18(20)23(31)32)12-19-21(29)26-24(33)28(22(19)30)17-9-7-16(25)8-10-17/h3-12H,1-2H3,(H,31,32)(H,26,29,33)/b19-12+. The molecule has 1 aliphatic heterocycles. The molecule has 2 amide bonds. The van der Waals surface area contributed by atoms with Gasteiger partial charge in [-0.25, -0.2) is 4.79 Å². The highest BCUT2D eigenvalue weighted by molar-refractivity contribution is 7.80. The first kappa shape index (κ1) is 22.4. The third-order valence-corrected chi connectivity index (χ3v) is 5.87. The van der Waals surface area contributed by atoms with Crippen LogP contribution in [0, 0.1) is 13.8 Å². The molecule has 0 unspecified atom stereocenters. The molecular weight excluding hydrogens is 462 g/mol. The number of halogens is 1. The molecule has 2 N–H and O–H groups in total. The van der Waals surface area contributed by atoms with Crippen molar-refractivity contribution in [3.8, 4) is 5.69 Å². The van der Waals surface area contributed by atoms with Crippen LogP contribution in [0.2, 0.25) is 5.02 Å². The topological polar surface area (TPSA) is 91.6 Å². The summed E-state index contributed by atoms with van der Waals surface area (Å²) >= 11 is 11.2. The monoisotopic (exact) mass is 479 g/mol. The molecule has 2 heterocycles. The number of aromatic nitrogens is 1. The summed E-state index contributed by atoms with van der Waals surface area (Å²) in [4.78, 5) is 38.8. The number of amides is 2. The number of hydrogen-bond donors (Lipinski definition) is 2. The lowest BCUT2D eigenvalue weighted by molar-refractivity contribution is -0.122. The lowest BCUT2D eigenvalue weighted by atomic mass is 10.1. The van der Waals surface area contributed by atoms with Crippen LogP contribution in [-0.4, -0.2) is 32.6 Å². The van der Waals surface area contributed by atoms with Gasteiger partial charge in [0, 0.05) is 16.4 Å². The zero-order valence-corrected chi connectivity index (χ0v) is 19.2. The molecular formula is C24H18ClN3O4S. The van der Waals surface area contributed by atoms with E-state index in [4.69, 9.17) is 23.8 Å². The SMILES string of the molecule is Cc1cc(/C=C2\C(=O)NC(=S)N(c3ccc(Cl)cc3)C2=O)c(C)n1-c1ccccc1C(=O)O. The highest BCUT2D eigenvalue weighted by Gasteiger charge is 2.34. The Morgan fingerprint density at radius 3 is 2.42 bits per heavy atom. The molecule has 1 saturated heterocycles. The number of benzene rings is 2. The number of carboxylic acids is 1. The van der Waals surface area contributed by atoms with E-state index in [9.17, 15) is 19.5 Å². The Bertz CT molecular complexity index is 1360. The molecule has 7 nitrogen and oxygen atoms in total. The zero-order chi connectivity index (χ0) is 23.9. The smallest absolute Gasteiger partial charge is 0.337 e. The molecule has 0 spiro atoms. The first-order valence-corrected chi connectivity index (χ1v) is 10.7. The van der Waals surface area contributed by atoms with E-state index in [-0.39, 0.29) is 16.2 Å². The molecule has 0 saturated carbocycles. The summed E-state index contributed by atoms with van der Waals surface area (Å²) in [6.45, 7) is 3.62. The maximum absolute atomic E-state index is 13.2. The fraction of sp³-hybridized carbons (Fsp3) is 0.0833. The molecule has 1 aromatic heterocycles. The molecule has 166 valence electrons. The van der Waals surface area contributed by atoms with Crippen molar-refractivity contribution in [3.05, 3.63) is 87.7 Å². The largest absolute Gasteiger partial charge is 0.478 e. The molecule has 2 aromatic carbocycles. The normalized spacial score (nSPS) is 15.2. The third kappa shape index (κ3) is 4.06. The summed E-state index contributed by atoms with van der Waals surface area (Å²) in [6, 6.07) is 15.0. The second kappa shape index (κ2) is 8.65. The minimum Gasteiger partial charge on any atom is -0.478 e. The van der Waals surface area contributed by atoms with Gasteiger partial charge in [-0.2, -0.15) is 0 Å². The van der Waals surface area contributed by atoms with E-state index in [1.54, 1.807) is 60.0 Å². The fourth-order valence-electron chi connectivity index (χ4n) is 3.79. The number of anilines is 1. The number of rotatable bonds is 4. The van der Waals surface area contributed by atoms with Crippen LogP contribution in [-0.2, 0) is 9.59 Å². The van der Waals surface area contributed by atoms with Crippen LogP contribution in [0.4, 0.5) is 5.69 Å². The van der Waals surface area contributed by atoms with Gasteiger partial charge in [-0.1, -0.05) is 23.7 Å². The first-order valence-electron chi connectivity index (χ1n) is 9.87. The lowest BCUT2D eigenvalue weighted by Crippen LogP contribution is -2.54. The molecule has 1 aliphatic rings. The minimum absolute atomic E-state index is 0.0228. The number of aryl methyl sites for hydroxylation is 1. The van der Waals surface area contributed by atoms with Crippen LogP contribution in [0.15, 0.2) is 60.2 Å². The maximum atomic E-state index is 13.2. The van der Waals surface area contributed by atoms with Gasteiger partial charge in [0.1, 0.15) is 5.57 Å². The minimum atomic E-state index is -1.05. The number of nitrogens with one attached hydrogen (secondary N) is 1. The van der Waals surface area contributed by atoms with Crippen LogP contribution in [0.5, 0.6) is 0 Å². The van der Waals surface area contributed by atoms with E-state index in [0.29, 0.717) is 27.7 Å². The highest BCUT2D eigenvalue weighted by atomic mass is 35.5. The van der Waals surface area contributed by atoms with Crippen molar-refractivity contribution in [1.29, 1.82) is 0 Å². The predicted octanol–water partition coefficient (Wildman–Crippen LogP) is 4.28. The van der Waals surface area contributed by atoms with E-state index < -0.39 is 17.8 Å². The summed E-state index contributed by atoms with van der Waals surface area (Å²) in [5.41, 5.74) is 3.06. The van der Waals surface area contributed by atoms with E-state index in [1.807, 2.05) is 6.92 Å². The molecule has 0 bridgehead atoms. The van der Waals surface area contributed by atoms with Gasteiger partial charge in [0.25, 0.3) is 11.8 Å². The summed E-state index contributed by atoms with van der Waals surface area (Å²) in [5.74, 6) is -2.22. The number of hydrogen-bond acceptors (Lipinski definition) is 4.